The Morgan fingerprint density at radius 1 is 1.16 bits per heavy atom. The van der Waals surface area contributed by atoms with E-state index in [0.717, 1.165) is 11.8 Å². The van der Waals surface area contributed by atoms with Crippen LogP contribution >= 0.6 is 0 Å². The summed E-state index contributed by atoms with van der Waals surface area (Å²) in [7, 11) is 0. The Morgan fingerprint density at radius 2 is 1.68 bits per heavy atom. The van der Waals surface area contributed by atoms with Crippen LogP contribution in [0.1, 0.15) is 46.0 Å². The maximum Gasteiger partial charge on any atom is 0.407 e. The molecule has 0 heterocycles. The van der Waals surface area contributed by atoms with E-state index in [2.05, 4.69) is 5.32 Å². The van der Waals surface area contributed by atoms with E-state index in [-0.39, 0.29) is 17.7 Å². The van der Waals surface area contributed by atoms with Crippen molar-refractivity contribution in [1.29, 1.82) is 0 Å². The van der Waals surface area contributed by atoms with Crippen molar-refractivity contribution in [3.63, 3.8) is 0 Å². The van der Waals surface area contributed by atoms with Crippen LogP contribution in [0.15, 0.2) is 0 Å². The summed E-state index contributed by atoms with van der Waals surface area (Å²) in [5.41, 5.74) is 5.48. The van der Waals surface area contributed by atoms with Gasteiger partial charge in [-0.05, 0) is 69.6 Å². The molecule has 4 rings (SSSR count). The Balaban J connectivity index is 1.54. The summed E-state index contributed by atoms with van der Waals surface area (Å²) in [6, 6.07) is 0. The van der Waals surface area contributed by atoms with E-state index in [0.29, 0.717) is 18.4 Å². The molecule has 0 atom stereocenters. The summed E-state index contributed by atoms with van der Waals surface area (Å²) in [4.78, 5) is 11.9. The molecule has 0 spiro atoms. The van der Waals surface area contributed by atoms with Gasteiger partial charge in [-0.1, -0.05) is 0 Å². The fourth-order valence-electron chi connectivity index (χ4n) is 4.53. The highest BCUT2D eigenvalue weighted by molar-refractivity contribution is 5.67. The molecule has 4 nitrogen and oxygen atoms in total. The molecule has 0 saturated heterocycles. The third-order valence-corrected chi connectivity index (χ3v) is 5.07. The number of carbonyl (C=O) groups is 1. The van der Waals surface area contributed by atoms with Crippen molar-refractivity contribution in [3.05, 3.63) is 0 Å². The standard InChI is InChI=1S/C15H26N2O2/c1-15(2,16)8-17-14(18)19-13-11-4-9-3-10(6-11)7-12(13)5-9/h9-13H,3-8,16H2,1-2H3,(H,17,18). The van der Waals surface area contributed by atoms with Gasteiger partial charge in [0.2, 0.25) is 0 Å². The Kier molecular flexibility index (Phi) is 3.24. The number of hydrogen-bond donors (Lipinski definition) is 2. The number of rotatable bonds is 3. The fourth-order valence-corrected chi connectivity index (χ4v) is 4.53. The van der Waals surface area contributed by atoms with Gasteiger partial charge in [0.05, 0.1) is 0 Å². The second-order valence-corrected chi connectivity index (χ2v) is 7.64. The molecule has 0 aromatic rings. The molecule has 0 aromatic heterocycles. The topological polar surface area (TPSA) is 64.3 Å². The maximum absolute atomic E-state index is 11.9. The van der Waals surface area contributed by atoms with Gasteiger partial charge in [0, 0.05) is 12.1 Å². The second-order valence-electron chi connectivity index (χ2n) is 7.64. The van der Waals surface area contributed by atoms with Crippen molar-refractivity contribution in [2.75, 3.05) is 6.54 Å². The van der Waals surface area contributed by atoms with Gasteiger partial charge in [-0.15, -0.1) is 0 Å². The molecule has 4 bridgehead atoms. The normalized spacial score (nSPS) is 40.3. The summed E-state index contributed by atoms with van der Waals surface area (Å²) >= 11 is 0. The molecule has 1 amide bonds. The third kappa shape index (κ3) is 2.88. The minimum absolute atomic E-state index is 0.161. The minimum atomic E-state index is -0.386. The molecular formula is C15H26N2O2. The van der Waals surface area contributed by atoms with Crippen molar-refractivity contribution in [2.24, 2.45) is 29.4 Å². The molecular weight excluding hydrogens is 240 g/mol. The zero-order valence-electron chi connectivity index (χ0n) is 12.0. The molecule has 4 aliphatic carbocycles. The van der Waals surface area contributed by atoms with Gasteiger partial charge in [-0.25, -0.2) is 4.79 Å². The van der Waals surface area contributed by atoms with Gasteiger partial charge in [-0.2, -0.15) is 0 Å². The number of amides is 1. The maximum atomic E-state index is 11.9. The third-order valence-electron chi connectivity index (χ3n) is 5.07. The lowest BCUT2D eigenvalue weighted by Crippen LogP contribution is -2.52. The molecule has 4 saturated carbocycles. The van der Waals surface area contributed by atoms with E-state index in [1.54, 1.807) is 0 Å². The first-order chi connectivity index (χ1) is 8.90. The molecule has 0 aromatic carbocycles. The monoisotopic (exact) mass is 266 g/mol. The Labute approximate surface area is 115 Å². The van der Waals surface area contributed by atoms with Crippen LogP contribution in [0.3, 0.4) is 0 Å². The Morgan fingerprint density at radius 3 is 2.16 bits per heavy atom. The van der Waals surface area contributed by atoms with E-state index in [1.165, 1.54) is 32.1 Å². The van der Waals surface area contributed by atoms with Crippen molar-refractivity contribution < 1.29 is 9.53 Å². The van der Waals surface area contributed by atoms with E-state index < -0.39 is 0 Å². The SMILES string of the molecule is CC(C)(N)CNC(=O)OC1C2CC3CC(C2)CC1C3. The molecule has 4 heteroatoms. The van der Waals surface area contributed by atoms with Crippen molar-refractivity contribution in [1.82, 2.24) is 5.32 Å². The van der Waals surface area contributed by atoms with Crippen LogP contribution in [-0.4, -0.2) is 24.3 Å². The van der Waals surface area contributed by atoms with E-state index >= 15 is 0 Å². The average Bonchev–Trinajstić information content (AvgIpc) is 2.29. The number of alkyl carbamates (subject to hydrolysis) is 1. The Bertz CT molecular complexity index is 334. The summed E-state index contributed by atoms with van der Waals surface area (Å²) in [5, 5.41) is 2.80. The highest BCUT2D eigenvalue weighted by Crippen LogP contribution is 2.54. The van der Waals surface area contributed by atoms with Gasteiger partial charge >= 0.3 is 6.09 Å². The molecule has 4 fully saturated rings. The summed E-state index contributed by atoms with van der Waals surface area (Å²) in [6.07, 6.45) is 6.39. The zero-order valence-corrected chi connectivity index (χ0v) is 12.0. The van der Waals surface area contributed by atoms with Crippen LogP contribution in [0.4, 0.5) is 4.79 Å². The van der Waals surface area contributed by atoms with Crippen molar-refractivity contribution in [2.45, 2.75) is 57.6 Å². The second kappa shape index (κ2) is 4.65. The minimum Gasteiger partial charge on any atom is -0.446 e. The van der Waals surface area contributed by atoms with Crippen molar-refractivity contribution >= 4 is 6.09 Å². The summed E-state index contributed by atoms with van der Waals surface area (Å²) < 4.78 is 5.72. The zero-order chi connectivity index (χ0) is 13.6. The highest BCUT2D eigenvalue weighted by Gasteiger charge is 2.49. The number of hydrogen-bond acceptors (Lipinski definition) is 3. The summed E-state index contributed by atoms with van der Waals surface area (Å²) in [6.45, 7) is 4.26. The molecule has 108 valence electrons. The number of carbonyl (C=O) groups excluding carboxylic acids is 1. The van der Waals surface area contributed by atoms with Gasteiger partial charge in [0.15, 0.2) is 0 Å². The van der Waals surface area contributed by atoms with Crippen molar-refractivity contribution in [3.8, 4) is 0 Å². The van der Waals surface area contributed by atoms with E-state index in [1.807, 2.05) is 13.8 Å². The first kappa shape index (κ1) is 13.2. The Hall–Kier alpha value is -0.770. The fraction of sp³-hybridized carbons (Fsp3) is 0.933. The average molecular weight is 266 g/mol. The highest BCUT2D eigenvalue weighted by atomic mass is 16.6. The molecule has 3 N–H and O–H groups in total. The number of nitrogens with one attached hydrogen (secondary N) is 1. The van der Waals surface area contributed by atoms with Crippen LogP contribution < -0.4 is 11.1 Å². The van der Waals surface area contributed by atoms with Gasteiger partial charge in [0.25, 0.3) is 0 Å². The quantitative estimate of drug-likeness (QED) is 0.823. The first-order valence-corrected chi connectivity index (χ1v) is 7.64. The predicted octanol–water partition coefficient (Wildman–Crippen LogP) is 2.27. The summed E-state index contributed by atoms with van der Waals surface area (Å²) in [5.74, 6) is 3.06. The van der Waals surface area contributed by atoms with Crippen LogP contribution in [0.5, 0.6) is 0 Å². The van der Waals surface area contributed by atoms with Crippen LogP contribution in [0, 0.1) is 23.7 Å². The first-order valence-electron chi connectivity index (χ1n) is 7.64. The lowest BCUT2D eigenvalue weighted by molar-refractivity contribution is -0.0961. The predicted molar refractivity (Wildman–Crippen MR) is 73.6 cm³/mol. The lowest BCUT2D eigenvalue weighted by atomic mass is 9.55. The lowest BCUT2D eigenvalue weighted by Gasteiger charge is -2.53. The van der Waals surface area contributed by atoms with Crippen LogP contribution in [0.2, 0.25) is 0 Å². The molecule has 0 unspecified atom stereocenters. The number of nitrogens with two attached hydrogens (primary N) is 1. The van der Waals surface area contributed by atoms with E-state index in [4.69, 9.17) is 10.5 Å². The van der Waals surface area contributed by atoms with Gasteiger partial charge in [0.1, 0.15) is 6.10 Å². The molecule has 19 heavy (non-hydrogen) atoms. The van der Waals surface area contributed by atoms with Crippen LogP contribution in [0.25, 0.3) is 0 Å². The number of ether oxygens (including phenoxy) is 1. The van der Waals surface area contributed by atoms with E-state index in [9.17, 15) is 4.79 Å². The van der Waals surface area contributed by atoms with Gasteiger partial charge < -0.3 is 15.8 Å². The molecule has 4 aliphatic rings. The van der Waals surface area contributed by atoms with Crippen LogP contribution in [-0.2, 0) is 4.74 Å². The van der Waals surface area contributed by atoms with Gasteiger partial charge in [-0.3, -0.25) is 0 Å². The smallest absolute Gasteiger partial charge is 0.407 e. The largest absolute Gasteiger partial charge is 0.446 e. The molecule has 0 aliphatic heterocycles. The molecule has 0 radical (unpaired) electrons.